The Kier molecular flexibility index (Phi) is 4.67. The first-order valence-corrected chi connectivity index (χ1v) is 6.28. The van der Waals surface area contributed by atoms with Crippen LogP contribution in [0.15, 0.2) is 30.5 Å². The molecule has 0 aliphatic rings. The summed E-state index contributed by atoms with van der Waals surface area (Å²) < 4.78 is 5.30. The highest BCUT2D eigenvalue weighted by Gasteiger charge is 2.22. The molecule has 106 valence electrons. The average Bonchev–Trinajstić information content (AvgIpc) is 3.02. The number of hydrogen-bond donors (Lipinski definition) is 2. The van der Waals surface area contributed by atoms with Gasteiger partial charge >= 0.3 is 0 Å². The normalized spacial score (nSPS) is 10.3. The van der Waals surface area contributed by atoms with Crippen molar-refractivity contribution in [2.24, 2.45) is 5.73 Å². The van der Waals surface area contributed by atoms with Gasteiger partial charge in [-0.3, -0.25) is 4.79 Å². The molecule has 1 amide bonds. The van der Waals surface area contributed by atoms with Crippen molar-refractivity contribution in [1.82, 2.24) is 15.4 Å². The molecule has 0 spiro atoms. The van der Waals surface area contributed by atoms with E-state index in [9.17, 15) is 4.79 Å². The predicted molar refractivity (Wildman–Crippen MR) is 74.7 cm³/mol. The molecule has 0 fully saturated rings. The quantitative estimate of drug-likeness (QED) is 0.813. The van der Waals surface area contributed by atoms with Gasteiger partial charge in [-0.25, -0.2) is 0 Å². The van der Waals surface area contributed by atoms with Gasteiger partial charge in [0, 0.05) is 6.54 Å². The molecule has 0 unspecified atom stereocenters. The smallest absolute Gasteiger partial charge is 0.280 e. The third kappa shape index (κ3) is 2.94. The number of aromatic amines is 1. The maximum absolute atomic E-state index is 12.5. The largest absolute Gasteiger partial charge is 0.495 e. The van der Waals surface area contributed by atoms with Crippen LogP contribution in [0.25, 0.3) is 0 Å². The standard InChI is InChI=1S/C13H17N5O2/c1-20-12-6-3-2-5-11(12)18(8-4-7-14)13(19)10-9-15-17-16-10/h2-3,5-6,9H,4,7-8,14H2,1H3,(H,15,16,17). The molecule has 0 bridgehead atoms. The summed E-state index contributed by atoms with van der Waals surface area (Å²) in [4.78, 5) is 14.1. The molecule has 1 aromatic heterocycles. The number of methoxy groups -OCH3 is 1. The van der Waals surface area contributed by atoms with Gasteiger partial charge in [-0.2, -0.15) is 15.4 Å². The zero-order valence-electron chi connectivity index (χ0n) is 11.2. The molecule has 0 radical (unpaired) electrons. The Morgan fingerprint density at radius 1 is 1.45 bits per heavy atom. The summed E-state index contributed by atoms with van der Waals surface area (Å²) in [5, 5.41) is 9.93. The second-order valence-corrected chi connectivity index (χ2v) is 4.13. The number of ether oxygens (including phenoxy) is 1. The highest BCUT2D eigenvalue weighted by atomic mass is 16.5. The Hall–Kier alpha value is -2.41. The van der Waals surface area contributed by atoms with E-state index in [1.54, 1.807) is 18.1 Å². The van der Waals surface area contributed by atoms with Gasteiger partial charge in [0.15, 0.2) is 5.69 Å². The molecule has 7 heteroatoms. The van der Waals surface area contributed by atoms with E-state index in [0.29, 0.717) is 30.9 Å². The van der Waals surface area contributed by atoms with Gasteiger partial charge in [-0.15, -0.1) is 0 Å². The zero-order chi connectivity index (χ0) is 14.4. The Bertz CT molecular complexity index is 556. The first-order chi connectivity index (χ1) is 9.77. The molecule has 0 saturated carbocycles. The molecule has 0 aliphatic heterocycles. The number of carbonyl (C=O) groups excluding carboxylic acids is 1. The fourth-order valence-electron chi connectivity index (χ4n) is 1.88. The van der Waals surface area contributed by atoms with Crippen LogP contribution in [0.4, 0.5) is 5.69 Å². The minimum absolute atomic E-state index is 0.239. The van der Waals surface area contributed by atoms with Crippen LogP contribution in [-0.4, -0.2) is 41.5 Å². The fraction of sp³-hybridized carbons (Fsp3) is 0.308. The van der Waals surface area contributed by atoms with Crippen molar-refractivity contribution in [2.45, 2.75) is 6.42 Å². The van der Waals surface area contributed by atoms with Gasteiger partial charge in [0.1, 0.15) is 5.75 Å². The van der Waals surface area contributed by atoms with Crippen LogP contribution in [0.2, 0.25) is 0 Å². The van der Waals surface area contributed by atoms with Crippen LogP contribution in [0, 0.1) is 0 Å². The Morgan fingerprint density at radius 2 is 2.25 bits per heavy atom. The number of carbonyl (C=O) groups is 1. The van der Waals surface area contributed by atoms with Crippen molar-refractivity contribution in [3.05, 3.63) is 36.2 Å². The number of anilines is 1. The number of para-hydroxylation sites is 2. The Labute approximate surface area is 116 Å². The molecule has 20 heavy (non-hydrogen) atoms. The first-order valence-electron chi connectivity index (χ1n) is 6.28. The van der Waals surface area contributed by atoms with Crippen LogP contribution in [0.3, 0.4) is 0 Å². The summed E-state index contributed by atoms with van der Waals surface area (Å²) in [5.41, 5.74) is 6.49. The summed E-state index contributed by atoms with van der Waals surface area (Å²) in [6.07, 6.45) is 2.08. The minimum Gasteiger partial charge on any atom is -0.495 e. The van der Waals surface area contributed by atoms with E-state index < -0.39 is 0 Å². The number of nitrogens with one attached hydrogen (secondary N) is 1. The molecule has 0 aliphatic carbocycles. The molecule has 7 nitrogen and oxygen atoms in total. The second-order valence-electron chi connectivity index (χ2n) is 4.13. The van der Waals surface area contributed by atoms with Crippen LogP contribution in [0.5, 0.6) is 5.75 Å². The maximum atomic E-state index is 12.5. The lowest BCUT2D eigenvalue weighted by Gasteiger charge is -2.23. The summed E-state index contributed by atoms with van der Waals surface area (Å²) in [5.74, 6) is 0.387. The molecule has 3 N–H and O–H groups in total. The van der Waals surface area contributed by atoms with Gasteiger partial charge in [0.25, 0.3) is 5.91 Å². The minimum atomic E-state index is -0.239. The van der Waals surface area contributed by atoms with Crippen LogP contribution < -0.4 is 15.4 Å². The average molecular weight is 275 g/mol. The van der Waals surface area contributed by atoms with Crippen LogP contribution in [-0.2, 0) is 0 Å². The summed E-state index contributed by atoms with van der Waals surface area (Å²) >= 11 is 0. The summed E-state index contributed by atoms with van der Waals surface area (Å²) in [6, 6.07) is 7.33. The van der Waals surface area contributed by atoms with E-state index in [-0.39, 0.29) is 11.6 Å². The van der Waals surface area contributed by atoms with Crippen LogP contribution >= 0.6 is 0 Å². The Balaban J connectivity index is 2.34. The van der Waals surface area contributed by atoms with E-state index >= 15 is 0 Å². The highest BCUT2D eigenvalue weighted by molar-refractivity contribution is 6.05. The zero-order valence-corrected chi connectivity index (χ0v) is 11.2. The number of rotatable bonds is 6. The number of aromatic nitrogens is 3. The van der Waals surface area contributed by atoms with Gasteiger partial charge in [-0.05, 0) is 25.1 Å². The van der Waals surface area contributed by atoms with E-state index in [1.165, 1.54) is 6.20 Å². The van der Waals surface area contributed by atoms with E-state index in [4.69, 9.17) is 10.5 Å². The monoisotopic (exact) mass is 275 g/mol. The molecule has 0 saturated heterocycles. The predicted octanol–water partition coefficient (Wildman–Crippen LogP) is 0.809. The van der Waals surface area contributed by atoms with Crippen LogP contribution in [0.1, 0.15) is 16.9 Å². The van der Waals surface area contributed by atoms with E-state index in [0.717, 1.165) is 0 Å². The number of nitrogens with zero attached hydrogens (tertiary/aromatic N) is 3. The number of H-pyrrole nitrogens is 1. The van der Waals surface area contributed by atoms with Gasteiger partial charge in [0.2, 0.25) is 0 Å². The molecule has 1 heterocycles. The molecule has 0 atom stereocenters. The maximum Gasteiger partial charge on any atom is 0.280 e. The molecular weight excluding hydrogens is 258 g/mol. The second kappa shape index (κ2) is 6.67. The van der Waals surface area contributed by atoms with Crippen molar-refractivity contribution in [1.29, 1.82) is 0 Å². The van der Waals surface area contributed by atoms with Gasteiger partial charge < -0.3 is 15.4 Å². The molecular formula is C13H17N5O2. The highest BCUT2D eigenvalue weighted by Crippen LogP contribution is 2.28. The lowest BCUT2D eigenvalue weighted by Crippen LogP contribution is -2.33. The number of hydrogen-bond acceptors (Lipinski definition) is 5. The first kappa shape index (κ1) is 14.0. The van der Waals surface area contributed by atoms with E-state index in [2.05, 4.69) is 15.4 Å². The molecule has 2 aromatic rings. The van der Waals surface area contributed by atoms with E-state index in [1.807, 2.05) is 18.2 Å². The van der Waals surface area contributed by atoms with Crippen molar-refractivity contribution >= 4 is 11.6 Å². The third-order valence-corrected chi connectivity index (χ3v) is 2.84. The number of benzene rings is 1. The van der Waals surface area contributed by atoms with Crippen molar-refractivity contribution in [3.8, 4) is 5.75 Å². The Morgan fingerprint density at radius 3 is 2.90 bits per heavy atom. The summed E-state index contributed by atoms with van der Waals surface area (Å²) in [7, 11) is 1.57. The van der Waals surface area contributed by atoms with Crippen molar-refractivity contribution in [2.75, 3.05) is 25.1 Å². The number of amides is 1. The van der Waals surface area contributed by atoms with Gasteiger partial charge in [0.05, 0.1) is 19.0 Å². The number of nitrogens with two attached hydrogens (primary N) is 1. The van der Waals surface area contributed by atoms with Crippen molar-refractivity contribution < 1.29 is 9.53 Å². The lowest BCUT2D eigenvalue weighted by molar-refractivity contribution is 0.0981. The van der Waals surface area contributed by atoms with Gasteiger partial charge in [-0.1, -0.05) is 12.1 Å². The van der Waals surface area contributed by atoms with Crippen molar-refractivity contribution in [3.63, 3.8) is 0 Å². The topological polar surface area (TPSA) is 97.1 Å². The fourth-order valence-corrected chi connectivity index (χ4v) is 1.88. The third-order valence-electron chi connectivity index (χ3n) is 2.84. The summed E-state index contributed by atoms with van der Waals surface area (Å²) in [6.45, 7) is 0.986. The lowest BCUT2D eigenvalue weighted by atomic mass is 10.2. The molecule has 1 aromatic carbocycles. The SMILES string of the molecule is COc1ccccc1N(CCCN)C(=O)c1cn[nH]n1. The molecule has 2 rings (SSSR count).